The minimum atomic E-state index is -0.312. The van der Waals surface area contributed by atoms with E-state index in [4.69, 9.17) is 4.74 Å². The molecule has 0 spiro atoms. The standard InChI is InChI=1S/C10H8BrNO2/c1-14-10(13)8-3-7(11)2-6-4-12-5-9(6)8/h2-4H,5H2,1H3. The lowest BCUT2D eigenvalue weighted by Gasteiger charge is -2.06. The summed E-state index contributed by atoms with van der Waals surface area (Å²) in [7, 11) is 1.38. The van der Waals surface area contributed by atoms with Gasteiger partial charge in [-0.2, -0.15) is 0 Å². The highest BCUT2D eigenvalue weighted by Gasteiger charge is 2.18. The lowest BCUT2D eigenvalue weighted by Crippen LogP contribution is -2.06. The molecule has 0 aromatic heterocycles. The van der Waals surface area contributed by atoms with Crippen LogP contribution in [-0.2, 0) is 11.3 Å². The van der Waals surface area contributed by atoms with Crippen LogP contribution in [0.4, 0.5) is 0 Å². The third-order valence-corrected chi connectivity index (χ3v) is 2.59. The summed E-state index contributed by atoms with van der Waals surface area (Å²) in [4.78, 5) is 15.5. The van der Waals surface area contributed by atoms with E-state index in [1.165, 1.54) is 7.11 Å². The van der Waals surface area contributed by atoms with Crippen molar-refractivity contribution < 1.29 is 9.53 Å². The van der Waals surface area contributed by atoms with Crippen LogP contribution in [0.25, 0.3) is 0 Å². The Balaban J connectivity index is 2.57. The monoisotopic (exact) mass is 253 g/mol. The number of fused-ring (bicyclic) bond motifs is 1. The lowest BCUT2D eigenvalue weighted by molar-refractivity contribution is 0.0599. The van der Waals surface area contributed by atoms with Crippen molar-refractivity contribution in [1.82, 2.24) is 0 Å². The molecule has 0 saturated carbocycles. The minimum Gasteiger partial charge on any atom is -0.465 e. The van der Waals surface area contributed by atoms with E-state index in [0.717, 1.165) is 15.6 Å². The largest absolute Gasteiger partial charge is 0.465 e. The van der Waals surface area contributed by atoms with E-state index in [2.05, 4.69) is 20.9 Å². The van der Waals surface area contributed by atoms with Gasteiger partial charge in [-0.3, -0.25) is 4.99 Å². The van der Waals surface area contributed by atoms with Gasteiger partial charge in [0.2, 0.25) is 0 Å². The second-order valence-electron chi connectivity index (χ2n) is 2.98. The topological polar surface area (TPSA) is 38.7 Å². The van der Waals surface area contributed by atoms with Gasteiger partial charge >= 0.3 is 5.97 Å². The number of carbonyl (C=O) groups is 1. The fourth-order valence-electron chi connectivity index (χ4n) is 1.48. The summed E-state index contributed by atoms with van der Waals surface area (Å²) in [6.45, 7) is 0.563. The van der Waals surface area contributed by atoms with E-state index in [1.54, 1.807) is 12.3 Å². The number of carbonyl (C=O) groups excluding carboxylic acids is 1. The van der Waals surface area contributed by atoms with Crippen molar-refractivity contribution in [2.24, 2.45) is 4.99 Å². The number of benzene rings is 1. The molecule has 0 N–H and O–H groups in total. The fraction of sp³-hybridized carbons (Fsp3) is 0.200. The summed E-state index contributed by atoms with van der Waals surface area (Å²) in [5.74, 6) is -0.312. The van der Waals surface area contributed by atoms with Gasteiger partial charge in [0.25, 0.3) is 0 Å². The quantitative estimate of drug-likeness (QED) is 0.720. The number of esters is 1. The Morgan fingerprint density at radius 2 is 2.36 bits per heavy atom. The van der Waals surface area contributed by atoms with E-state index in [0.29, 0.717) is 12.1 Å². The SMILES string of the molecule is COC(=O)c1cc(Br)cc2c1CN=C2. The number of rotatable bonds is 1. The first kappa shape index (κ1) is 9.40. The third-order valence-electron chi connectivity index (χ3n) is 2.13. The zero-order valence-corrected chi connectivity index (χ0v) is 9.17. The van der Waals surface area contributed by atoms with E-state index >= 15 is 0 Å². The Morgan fingerprint density at radius 3 is 3.07 bits per heavy atom. The molecule has 1 aliphatic heterocycles. The van der Waals surface area contributed by atoms with Gasteiger partial charge in [0.15, 0.2) is 0 Å². The predicted octanol–water partition coefficient (Wildman–Crippen LogP) is 2.17. The molecule has 4 heteroatoms. The van der Waals surface area contributed by atoms with Gasteiger partial charge in [-0.1, -0.05) is 15.9 Å². The van der Waals surface area contributed by atoms with Crippen molar-refractivity contribution in [3.63, 3.8) is 0 Å². The first-order valence-corrected chi connectivity index (χ1v) is 4.92. The van der Waals surface area contributed by atoms with Gasteiger partial charge in [-0.15, -0.1) is 0 Å². The fourth-order valence-corrected chi connectivity index (χ4v) is 1.95. The Bertz CT molecular complexity index is 426. The molecule has 3 nitrogen and oxygen atoms in total. The summed E-state index contributed by atoms with van der Waals surface area (Å²) < 4.78 is 5.57. The number of ether oxygens (including phenoxy) is 1. The Labute approximate surface area is 89.9 Å². The van der Waals surface area contributed by atoms with Gasteiger partial charge < -0.3 is 4.74 Å². The van der Waals surface area contributed by atoms with Gasteiger partial charge in [0.1, 0.15) is 0 Å². The molecule has 1 aromatic rings. The van der Waals surface area contributed by atoms with Crippen molar-refractivity contribution in [3.05, 3.63) is 33.3 Å². The lowest BCUT2D eigenvalue weighted by atomic mass is 10.0. The number of nitrogens with zero attached hydrogens (tertiary/aromatic N) is 1. The average molecular weight is 254 g/mol. The molecule has 0 saturated heterocycles. The van der Waals surface area contributed by atoms with Crippen LogP contribution in [0, 0.1) is 0 Å². The van der Waals surface area contributed by atoms with Crippen LogP contribution in [0.3, 0.4) is 0 Å². The molecular weight excluding hydrogens is 246 g/mol. The maximum absolute atomic E-state index is 11.4. The zero-order chi connectivity index (χ0) is 10.1. The first-order valence-electron chi connectivity index (χ1n) is 4.13. The highest BCUT2D eigenvalue weighted by atomic mass is 79.9. The van der Waals surface area contributed by atoms with E-state index in [9.17, 15) is 4.79 Å². The molecule has 2 rings (SSSR count). The number of halogens is 1. The average Bonchev–Trinajstić information content (AvgIpc) is 2.62. The number of hydrogen-bond donors (Lipinski definition) is 0. The van der Waals surface area contributed by atoms with Gasteiger partial charge in [0, 0.05) is 10.7 Å². The second-order valence-corrected chi connectivity index (χ2v) is 3.90. The highest BCUT2D eigenvalue weighted by molar-refractivity contribution is 9.10. The third kappa shape index (κ3) is 1.46. The predicted molar refractivity (Wildman–Crippen MR) is 56.8 cm³/mol. The van der Waals surface area contributed by atoms with Crippen LogP contribution in [0.15, 0.2) is 21.6 Å². The number of aliphatic imine (C=N–C) groups is 1. The van der Waals surface area contributed by atoms with E-state index in [1.807, 2.05) is 6.07 Å². The Hall–Kier alpha value is -1.16. The Kier molecular flexibility index (Phi) is 2.37. The van der Waals surface area contributed by atoms with Crippen molar-refractivity contribution in [2.45, 2.75) is 6.54 Å². The van der Waals surface area contributed by atoms with Crippen molar-refractivity contribution in [2.75, 3.05) is 7.11 Å². The summed E-state index contributed by atoms with van der Waals surface area (Å²) in [5.41, 5.74) is 2.52. The molecule has 14 heavy (non-hydrogen) atoms. The molecule has 0 radical (unpaired) electrons. The van der Waals surface area contributed by atoms with Crippen LogP contribution in [0.2, 0.25) is 0 Å². The van der Waals surface area contributed by atoms with Crippen LogP contribution >= 0.6 is 15.9 Å². The summed E-state index contributed by atoms with van der Waals surface area (Å²) in [6, 6.07) is 3.71. The summed E-state index contributed by atoms with van der Waals surface area (Å²) in [6.07, 6.45) is 1.77. The molecule has 0 aliphatic carbocycles. The van der Waals surface area contributed by atoms with Crippen molar-refractivity contribution in [3.8, 4) is 0 Å². The second kappa shape index (κ2) is 3.53. The molecule has 0 atom stereocenters. The molecule has 0 bridgehead atoms. The molecule has 1 aromatic carbocycles. The van der Waals surface area contributed by atoms with Crippen molar-refractivity contribution in [1.29, 1.82) is 0 Å². The minimum absolute atomic E-state index is 0.312. The molecule has 1 aliphatic rings. The zero-order valence-electron chi connectivity index (χ0n) is 7.58. The molecule has 72 valence electrons. The van der Waals surface area contributed by atoms with Crippen LogP contribution < -0.4 is 0 Å². The van der Waals surface area contributed by atoms with Gasteiger partial charge in [0.05, 0.1) is 19.2 Å². The molecular formula is C10H8BrNO2. The van der Waals surface area contributed by atoms with Crippen LogP contribution in [0.5, 0.6) is 0 Å². The van der Waals surface area contributed by atoms with Crippen molar-refractivity contribution >= 4 is 28.1 Å². The van der Waals surface area contributed by atoms with Gasteiger partial charge in [-0.25, -0.2) is 4.79 Å². The Morgan fingerprint density at radius 1 is 1.57 bits per heavy atom. The number of hydrogen-bond acceptors (Lipinski definition) is 3. The van der Waals surface area contributed by atoms with E-state index in [-0.39, 0.29) is 5.97 Å². The van der Waals surface area contributed by atoms with Crippen LogP contribution in [0.1, 0.15) is 21.5 Å². The molecule has 1 heterocycles. The summed E-state index contributed by atoms with van der Waals surface area (Å²) >= 11 is 3.34. The molecule has 0 amide bonds. The van der Waals surface area contributed by atoms with E-state index < -0.39 is 0 Å². The smallest absolute Gasteiger partial charge is 0.338 e. The molecule has 0 fully saturated rings. The molecule has 0 unspecified atom stereocenters. The first-order chi connectivity index (χ1) is 6.72. The highest BCUT2D eigenvalue weighted by Crippen LogP contribution is 2.25. The maximum Gasteiger partial charge on any atom is 0.338 e. The van der Waals surface area contributed by atoms with Crippen LogP contribution in [-0.4, -0.2) is 19.3 Å². The number of methoxy groups -OCH3 is 1. The normalized spacial score (nSPS) is 12.7. The van der Waals surface area contributed by atoms with Gasteiger partial charge in [-0.05, 0) is 23.3 Å². The maximum atomic E-state index is 11.4. The summed E-state index contributed by atoms with van der Waals surface area (Å²) in [5, 5.41) is 0.